The lowest BCUT2D eigenvalue weighted by Crippen LogP contribution is -2.19. The fourth-order valence-corrected chi connectivity index (χ4v) is 7.35. The fourth-order valence-electron chi connectivity index (χ4n) is 7.35. The second-order valence-corrected chi connectivity index (χ2v) is 16.6. The summed E-state index contributed by atoms with van der Waals surface area (Å²) in [7, 11) is 4.06. The molecule has 7 heteroatoms. The third kappa shape index (κ3) is 38.6. The fraction of sp³-hybridized carbons (Fsp3) is 0.936. The minimum atomic E-state index is -0.124. The van der Waals surface area contributed by atoms with E-state index < -0.39 is 0 Å². The maximum Gasteiger partial charge on any atom is 0.306 e. The lowest BCUT2D eigenvalue weighted by atomic mass is 9.91. The van der Waals surface area contributed by atoms with Gasteiger partial charge in [-0.05, 0) is 70.9 Å². The lowest BCUT2D eigenvalue weighted by molar-refractivity contribution is -0.146. The molecule has 0 aliphatic carbocycles. The number of carbonyl (C=O) groups excluding carboxylic acids is 3. The summed E-state index contributed by atoms with van der Waals surface area (Å²) in [6.45, 7) is 9.03. The van der Waals surface area contributed by atoms with Gasteiger partial charge >= 0.3 is 17.9 Å². The number of esters is 3. The molecule has 0 aromatic rings. The van der Waals surface area contributed by atoms with Crippen LogP contribution >= 0.6 is 0 Å². The number of nitrogens with zero attached hydrogens (tertiary/aromatic N) is 1. The Hall–Kier alpha value is -1.63. The zero-order valence-electron chi connectivity index (χ0n) is 36.7. The molecular formula is C47H91NO6. The third-order valence-corrected chi connectivity index (χ3v) is 10.9. The molecule has 7 nitrogen and oxygen atoms in total. The molecule has 54 heavy (non-hydrogen) atoms. The van der Waals surface area contributed by atoms with Crippen LogP contribution in [0.25, 0.3) is 0 Å². The van der Waals surface area contributed by atoms with Gasteiger partial charge in [0.1, 0.15) is 0 Å². The van der Waals surface area contributed by atoms with Crippen LogP contribution in [-0.4, -0.2) is 63.3 Å². The Morgan fingerprint density at radius 3 is 1.20 bits per heavy atom. The van der Waals surface area contributed by atoms with Crippen molar-refractivity contribution in [3.63, 3.8) is 0 Å². The van der Waals surface area contributed by atoms with Crippen molar-refractivity contribution in [3.8, 4) is 0 Å². The first-order chi connectivity index (χ1) is 26.3. The standard InChI is InChI=1S/C47H91NO6/c1-6-9-12-15-22-26-32-43(33-27-23-16-13-10-7-2)41-47(51)54-40-36-44(42-46(50)53-39-31-37-48(4)5)34-28-24-19-17-18-20-25-30-38-52-45(49)35-29-21-14-11-8-3/h43-44H,6-42H2,1-5H3. The zero-order chi connectivity index (χ0) is 39.7. The van der Waals surface area contributed by atoms with Gasteiger partial charge in [0.2, 0.25) is 0 Å². The maximum absolute atomic E-state index is 13.0. The van der Waals surface area contributed by atoms with Crippen molar-refractivity contribution in [2.45, 2.75) is 233 Å². The lowest BCUT2D eigenvalue weighted by Gasteiger charge is -2.19. The molecule has 0 aromatic carbocycles. The Balaban J connectivity index is 4.56. The van der Waals surface area contributed by atoms with Crippen molar-refractivity contribution in [1.29, 1.82) is 0 Å². The molecule has 320 valence electrons. The summed E-state index contributed by atoms with van der Waals surface area (Å²) in [5.41, 5.74) is 0. The predicted molar refractivity (Wildman–Crippen MR) is 228 cm³/mol. The summed E-state index contributed by atoms with van der Waals surface area (Å²) >= 11 is 0. The summed E-state index contributed by atoms with van der Waals surface area (Å²) in [5.74, 6) is 0.390. The summed E-state index contributed by atoms with van der Waals surface area (Å²) in [6, 6.07) is 0. The summed E-state index contributed by atoms with van der Waals surface area (Å²) in [6.07, 6.45) is 36.6. The smallest absolute Gasteiger partial charge is 0.306 e. The van der Waals surface area contributed by atoms with Gasteiger partial charge in [0, 0.05) is 25.8 Å². The number of hydrogen-bond acceptors (Lipinski definition) is 7. The van der Waals surface area contributed by atoms with Gasteiger partial charge in [0.15, 0.2) is 0 Å². The van der Waals surface area contributed by atoms with Crippen LogP contribution in [0.3, 0.4) is 0 Å². The third-order valence-electron chi connectivity index (χ3n) is 10.9. The Bertz CT molecular complexity index is 817. The first kappa shape index (κ1) is 52.4. The van der Waals surface area contributed by atoms with Crippen molar-refractivity contribution in [2.24, 2.45) is 11.8 Å². The van der Waals surface area contributed by atoms with Crippen LogP contribution in [0.2, 0.25) is 0 Å². The van der Waals surface area contributed by atoms with E-state index in [1.165, 1.54) is 122 Å². The Kier molecular flexibility index (Phi) is 39.8. The number of unbranched alkanes of at least 4 members (excludes halogenated alkanes) is 21. The molecule has 0 saturated heterocycles. The zero-order valence-corrected chi connectivity index (χ0v) is 36.7. The highest BCUT2D eigenvalue weighted by Crippen LogP contribution is 2.24. The molecule has 0 aliphatic rings. The van der Waals surface area contributed by atoms with Crippen molar-refractivity contribution in [3.05, 3.63) is 0 Å². The monoisotopic (exact) mass is 766 g/mol. The molecule has 1 atom stereocenters. The normalized spacial score (nSPS) is 12.1. The van der Waals surface area contributed by atoms with Crippen molar-refractivity contribution in [1.82, 2.24) is 4.90 Å². The second kappa shape index (κ2) is 41.0. The largest absolute Gasteiger partial charge is 0.466 e. The van der Waals surface area contributed by atoms with Crippen LogP contribution in [0.1, 0.15) is 233 Å². The topological polar surface area (TPSA) is 82.1 Å². The second-order valence-electron chi connectivity index (χ2n) is 16.6. The van der Waals surface area contributed by atoms with E-state index in [9.17, 15) is 14.4 Å². The van der Waals surface area contributed by atoms with Crippen LogP contribution in [0.4, 0.5) is 0 Å². The van der Waals surface area contributed by atoms with Crippen LogP contribution in [-0.2, 0) is 28.6 Å². The van der Waals surface area contributed by atoms with Crippen molar-refractivity contribution < 1.29 is 28.6 Å². The van der Waals surface area contributed by atoms with Crippen LogP contribution < -0.4 is 0 Å². The number of hydrogen-bond donors (Lipinski definition) is 0. The Morgan fingerprint density at radius 1 is 0.389 bits per heavy atom. The molecule has 0 fully saturated rings. The highest BCUT2D eigenvalue weighted by molar-refractivity contribution is 5.70. The molecule has 0 spiro atoms. The maximum atomic E-state index is 13.0. The molecule has 0 aliphatic heterocycles. The number of rotatable bonds is 42. The summed E-state index contributed by atoms with van der Waals surface area (Å²) in [4.78, 5) is 39.8. The van der Waals surface area contributed by atoms with Crippen LogP contribution in [0.15, 0.2) is 0 Å². The van der Waals surface area contributed by atoms with Gasteiger partial charge in [-0.15, -0.1) is 0 Å². The van der Waals surface area contributed by atoms with Crippen LogP contribution in [0, 0.1) is 11.8 Å². The van der Waals surface area contributed by atoms with Gasteiger partial charge in [-0.2, -0.15) is 0 Å². The van der Waals surface area contributed by atoms with E-state index in [1.54, 1.807) is 0 Å². The Labute approximate surface area is 335 Å². The van der Waals surface area contributed by atoms with E-state index >= 15 is 0 Å². The summed E-state index contributed by atoms with van der Waals surface area (Å²) in [5, 5.41) is 0. The molecule has 0 saturated carbocycles. The molecule has 0 aromatic heterocycles. The van der Waals surface area contributed by atoms with E-state index in [-0.39, 0.29) is 23.8 Å². The van der Waals surface area contributed by atoms with Crippen LogP contribution in [0.5, 0.6) is 0 Å². The molecule has 0 radical (unpaired) electrons. The molecule has 0 amide bonds. The minimum Gasteiger partial charge on any atom is -0.466 e. The van der Waals surface area contributed by atoms with Gasteiger partial charge in [0.25, 0.3) is 0 Å². The number of carbonyl (C=O) groups is 3. The average molecular weight is 766 g/mol. The van der Waals surface area contributed by atoms with Crippen molar-refractivity contribution in [2.75, 3.05) is 40.5 Å². The minimum absolute atomic E-state index is 0.0354. The molecule has 0 N–H and O–H groups in total. The van der Waals surface area contributed by atoms with E-state index in [0.717, 1.165) is 77.2 Å². The van der Waals surface area contributed by atoms with E-state index in [2.05, 4.69) is 25.7 Å². The highest BCUT2D eigenvalue weighted by Gasteiger charge is 2.18. The SMILES string of the molecule is CCCCCCCCC(CCCCCCCC)CC(=O)OCCC(CCCCCCCCCCOC(=O)CCCCCCC)CC(=O)OCCCN(C)C. The average Bonchev–Trinajstić information content (AvgIpc) is 3.14. The summed E-state index contributed by atoms with van der Waals surface area (Å²) < 4.78 is 16.8. The van der Waals surface area contributed by atoms with Gasteiger partial charge < -0.3 is 19.1 Å². The van der Waals surface area contributed by atoms with Gasteiger partial charge in [-0.3, -0.25) is 14.4 Å². The highest BCUT2D eigenvalue weighted by atomic mass is 16.5. The first-order valence-electron chi connectivity index (χ1n) is 23.4. The number of ether oxygens (including phenoxy) is 3. The molecule has 0 bridgehead atoms. The molecule has 0 rings (SSSR count). The van der Waals surface area contributed by atoms with E-state index in [1.807, 2.05) is 14.1 Å². The van der Waals surface area contributed by atoms with Gasteiger partial charge in [-0.1, -0.05) is 168 Å². The molecule has 1 unspecified atom stereocenters. The first-order valence-corrected chi connectivity index (χ1v) is 23.4. The quantitative estimate of drug-likeness (QED) is 0.0348. The van der Waals surface area contributed by atoms with Crippen molar-refractivity contribution >= 4 is 17.9 Å². The van der Waals surface area contributed by atoms with E-state index in [4.69, 9.17) is 14.2 Å². The molecular weight excluding hydrogens is 675 g/mol. The van der Waals surface area contributed by atoms with Gasteiger partial charge in [0.05, 0.1) is 19.8 Å². The Morgan fingerprint density at radius 2 is 0.741 bits per heavy atom. The van der Waals surface area contributed by atoms with Gasteiger partial charge in [-0.25, -0.2) is 0 Å². The molecule has 0 heterocycles. The van der Waals surface area contributed by atoms with E-state index in [0.29, 0.717) is 45.0 Å². The predicted octanol–water partition coefficient (Wildman–Crippen LogP) is 13.3.